The van der Waals surface area contributed by atoms with Crippen LogP contribution in [0, 0.1) is 0 Å². The summed E-state index contributed by atoms with van der Waals surface area (Å²) in [6, 6.07) is 0.0584. The smallest absolute Gasteiger partial charge is 0.305 e. The molecule has 1 unspecified atom stereocenters. The third-order valence-corrected chi connectivity index (χ3v) is 5.25. The van der Waals surface area contributed by atoms with Crippen molar-refractivity contribution < 1.29 is 17.9 Å². The SMILES string of the molecule is CCCN(C1CCNC1)S(=O)(=O)CCCC(=O)OC. The normalized spacial score (nSPS) is 19.8. The van der Waals surface area contributed by atoms with Gasteiger partial charge in [0, 0.05) is 25.6 Å². The molecule has 0 amide bonds. The van der Waals surface area contributed by atoms with Crippen molar-refractivity contribution in [3.05, 3.63) is 0 Å². The summed E-state index contributed by atoms with van der Waals surface area (Å²) in [5.74, 6) is -0.349. The lowest BCUT2D eigenvalue weighted by Gasteiger charge is -2.27. The van der Waals surface area contributed by atoms with Crippen LogP contribution in [0.2, 0.25) is 0 Å². The lowest BCUT2D eigenvalue weighted by Crippen LogP contribution is -2.43. The average Bonchev–Trinajstić information content (AvgIpc) is 2.88. The van der Waals surface area contributed by atoms with Gasteiger partial charge in [0.15, 0.2) is 0 Å². The molecule has 0 aromatic heterocycles. The molecule has 6 nitrogen and oxygen atoms in total. The number of sulfonamides is 1. The van der Waals surface area contributed by atoms with Gasteiger partial charge in [-0.1, -0.05) is 6.92 Å². The van der Waals surface area contributed by atoms with Gasteiger partial charge in [0.05, 0.1) is 12.9 Å². The molecule has 0 aliphatic carbocycles. The molecule has 0 saturated carbocycles. The van der Waals surface area contributed by atoms with Crippen LogP contribution in [0.4, 0.5) is 0 Å². The van der Waals surface area contributed by atoms with Crippen LogP contribution < -0.4 is 5.32 Å². The van der Waals surface area contributed by atoms with Crippen LogP contribution in [0.5, 0.6) is 0 Å². The third kappa shape index (κ3) is 5.08. The Kier molecular flexibility index (Phi) is 6.74. The molecule has 0 radical (unpaired) electrons. The van der Waals surface area contributed by atoms with Crippen LogP contribution in [-0.4, -0.2) is 57.2 Å². The van der Waals surface area contributed by atoms with Crippen molar-refractivity contribution in [3.63, 3.8) is 0 Å². The number of esters is 1. The first kappa shape index (κ1) is 16.4. The van der Waals surface area contributed by atoms with E-state index in [2.05, 4.69) is 10.1 Å². The van der Waals surface area contributed by atoms with Crippen molar-refractivity contribution in [1.29, 1.82) is 0 Å². The molecule has 0 bridgehead atoms. The molecule has 1 aliphatic heterocycles. The summed E-state index contributed by atoms with van der Waals surface area (Å²) in [5.41, 5.74) is 0. The summed E-state index contributed by atoms with van der Waals surface area (Å²) >= 11 is 0. The Hall–Kier alpha value is -0.660. The fourth-order valence-corrected chi connectivity index (χ4v) is 4.11. The number of rotatable bonds is 8. The van der Waals surface area contributed by atoms with Gasteiger partial charge < -0.3 is 10.1 Å². The number of ether oxygens (including phenoxy) is 1. The average molecular weight is 292 g/mol. The summed E-state index contributed by atoms with van der Waals surface area (Å²) in [4.78, 5) is 11.0. The standard InChI is InChI=1S/C12H24N2O4S/c1-3-8-14(11-6-7-13-10-11)19(16,17)9-4-5-12(15)18-2/h11,13H,3-10H2,1-2H3. The summed E-state index contributed by atoms with van der Waals surface area (Å²) < 4.78 is 30.8. The third-order valence-electron chi connectivity index (χ3n) is 3.25. The molecular weight excluding hydrogens is 268 g/mol. The highest BCUT2D eigenvalue weighted by Gasteiger charge is 2.30. The molecule has 1 fully saturated rings. The molecule has 1 atom stereocenters. The predicted molar refractivity (Wildman–Crippen MR) is 73.3 cm³/mol. The van der Waals surface area contributed by atoms with Crippen LogP contribution in [0.3, 0.4) is 0 Å². The van der Waals surface area contributed by atoms with E-state index in [0.29, 0.717) is 13.0 Å². The maximum Gasteiger partial charge on any atom is 0.305 e. The molecular formula is C12H24N2O4S. The maximum absolute atomic E-state index is 12.3. The Bertz CT molecular complexity index is 377. The van der Waals surface area contributed by atoms with Gasteiger partial charge in [-0.25, -0.2) is 8.42 Å². The van der Waals surface area contributed by atoms with Gasteiger partial charge in [0.2, 0.25) is 10.0 Å². The highest BCUT2D eigenvalue weighted by atomic mass is 32.2. The molecule has 7 heteroatoms. The minimum atomic E-state index is -3.29. The molecule has 1 rings (SSSR count). The minimum Gasteiger partial charge on any atom is -0.469 e. The van der Waals surface area contributed by atoms with Crippen molar-refractivity contribution in [2.24, 2.45) is 0 Å². The van der Waals surface area contributed by atoms with E-state index in [1.165, 1.54) is 7.11 Å². The second-order valence-electron chi connectivity index (χ2n) is 4.75. The Balaban J connectivity index is 2.57. The lowest BCUT2D eigenvalue weighted by molar-refractivity contribution is -0.140. The number of nitrogens with one attached hydrogen (secondary N) is 1. The zero-order valence-electron chi connectivity index (χ0n) is 11.7. The van der Waals surface area contributed by atoms with Gasteiger partial charge >= 0.3 is 5.97 Å². The maximum atomic E-state index is 12.3. The molecule has 112 valence electrons. The molecule has 1 aliphatic rings. The highest BCUT2D eigenvalue weighted by Crippen LogP contribution is 2.16. The summed E-state index contributed by atoms with van der Waals surface area (Å²) in [6.45, 7) is 4.10. The number of methoxy groups -OCH3 is 1. The van der Waals surface area contributed by atoms with E-state index in [1.807, 2.05) is 6.92 Å². The van der Waals surface area contributed by atoms with Crippen LogP contribution >= 0.6 is 0 Å². The van der Waals surface area contributed by atoms with Crippen molar-refractivity contribution in [1.82, 2.24) is 9.62 Å². The topological polar surface area (TPSA) is 75.7 Å². The first-order valence-electron chi connectivity index (χ1n) is 6.78. The molecule has 0 spiro atoms. The second kappa shape index (κ2) is 7.81. The van der Waals surface area contributed by atoms with Crippen LogP contribution in [-0.2, 0) is 19.6 Å². The molecule has 1 N–H and O–H groups in total. The van der Waals surface area contributed by atoms with Crippen molar-refractivity contribution in [3.8, 4) is 0 Å². The molecule has 1 heterocycles. The zero-order valence-corrected chi connectivity index (χ0v) is 12.5. The highest BCUT2D eigenvalue weighted by molar-refractivity contribution is 7.89. The van der Waals surface area contributed by atoms with Crippen LogP contribution in [0.25, 0.3) is 0 Å². The Morgan fingerprint density at radius 1 is 1.47 bits per heavy atom. The fourth-order valence-electron chi connectivity index (χ4n) is 2.27. The van der Waals surface area contributed by atoms with E-state index < -0.39 is 10.0 Å². The van der Waals surface area contributed by atoms with Gasteiger partial charge in [-0.3, -0.25) is 4.79 Å². The summed E-state index contributed by atoms with van der Waals surface area (Å²) in [5, 5.41) is 3.19. The Morgan fingerprint density at radius 2 is 2.21 bits per heavy atom. The van der Waals surface area contributed by atoms with E-state index in [-0.39, 0.29) is 24.2 Å². The van der Waals surface area contributed by atoms with E-state index in [9.17, 15) is 13.2 Å². The number of nitrogens with zero attached hydrogens (tertiary/aromatic N) is 1. The van der Waals surface area contributed by atoms with E-state index in [0.717, 1.165) is 25.9 Å². The van der Waals surface area contributed by atoms with Crippen molar-refractivity contribution in [2.45, 2.75) is 38.6 Å². The predicted octanol–water partition coefficient (Wildman–Crippen LogP) is 0.343. The molecule has 0 aromatic carbocycles. The Morgan fingerprint density at radius 3 is 2.74 bits per heavy atom. The second-order valence-corrected chi connectivity index (χ2v) is 6.79. The zero-order chi connectivity index (χ0) is 14.3. The van der Waals surface area contributed by atoms with Gasteiger partial charge in [-0.2, -0.15) is 4.31 Å². The number of hydrogen-bond donors (Lipinski definition) is 1. The largest absolute Gasteiger partial charge is 0.469 e. The first-order valence-corrected chi connectivity index (χ1v) is 8.39. The number of hydrogen-bond acceptors (Lipinski definition) is 5. The van der Waals surface area contributed by atoms with E-state index in [1.54, 1.807) is 4.31 Å². The van der Waals surface area contributed by atoms with E-state index in [4.69, 9.17) is 0 Å². The fraction of sp³-hybridized carbons (Fsp3) is 0.917. The van der Waals surface area contributed by atoms with Gasteiger partial charge in [-0.15, -0.1) is 0 Å². The van der Waals surface area contributed by atoms with Crippen molar-refractivity contribution in [2.75, 3.05) is 32.5 Å². The van der Waals surface area contributed by atoms with Gasteiger partial charge in [0.1, 0.15) is 0 Å². The number of carbonyl (C=O) groups is 1. The first-order chi connectivity index (χ1) is 9.01. The molecule has 1 saturated heterocycles. The summed E-state index contributed by atoms with van der Waals surface area (Å²) in [6.07, 6.45) is 2.12. The van der Waals surface area contributed by atoms with E-state index >= 15 is 0 Å². The lowest BCUT2D eigenvalue weighted by atomic mass is 10.2. The van der Waals surface area contributed by atoms with Crippen LogP contribution in [0.1, 0.15) is 32.6 Å². The van der Waals surface area contributed by atoms with Gasteiger partial charge in [-0.05, 0) is 25.8 Å². The monoisotopic (exact) mass is 292 g/mol. The van der Waals surface area contributed by atoms with Crippen molar-refractivity contribution >= 4 is 16.0 Å². The number of carbonyl (C=O) groups excluding carboxylic acids is 1. The minimum absolute atomic E-state index is 0.0125. The quantitative estimate of drug-likeness (QED) is 0.653. The molecule has 0 aromatic rings. The molecule has 19 heavy (non-hydrogen) atoms. The van der Waals surface area contributed by atoms with Gasteiger partial charge in [0.25, 0.3) is 0 Å². The Labute approximate surface area is 115 Å². The summed E-state index contributed by atoms with van der Waals surface area (Å²) in [7, 11) is -1.98. The van der Waals surface area contributed by atoms with Crippen LogP contribution in [0.15, 0.2) is 0 Å².